The third-order valence-electron chi connectivity index (χ3n) is 4.84. The summed E-state index contributed by atoms with van der Waals surface area (Å²) < 4.78 is 0. The second kappa shape index (κ2) is 6.59. The molecule has 112 valence electrons. The first kappa shape index (κ1) is 14.6. The second-order valence-corrected chi connectivity index (χ2v) is 6.40. The molecule has 0 bridgehead atoms. The largest absolute Gasteiger partial charge is 0.387 e. The van der Waals surface area contributed by atoms with E-state index in [1.165, 1.54) is 36.5 Å². The first-order valence-corrected chi connectivity index (χ1v) is 8.14. The van der Waals surface area contributed by atoms with E-state index in [0.717, 1.165) is 11.5 Å². The molecular weight excluding hydrogens is 258 g/mol. The Bertz CT molecular complexity index is 595. The van der Waals surface area contributed by atoms with Gasteiger partial charge in [0.1, 0.15) is 0 Å². The molecule has 0 saturated heterocycles. The van der Waals surface area contributed by atoms with Crippen LogP contribution in [-0.2, 0) is 0 Å². The third kappa shape index (κ3) is 3.45. The fourth-order valence-electron chi connectivity index (χ4n) is 3.42. The van der Waals surface area contributed by atoms with Gasteiger partial charge in [-0.25, -0.2) is 0 Å². The van der Waals surface area contributed by atoms with Crippen molar-refractivity contribution < 1.29 is 5.11 Å². The van der Waals surface area contributed by atoms with Crippen molar-refractivity contribution in [3.05, 3.63) is 48.0 Å². The zero-order valence-electron chi connectivity index (χ0n) is 12.8. The first-order valence-electron chi connectivity index (χ1n) is 8.14. The lowest BCUT2D eigenvalue weighted by Gasteiger charge is -2.30. The van der Waals surface area contributed by atoms with Crippen LogP contribution in [0.2, 0.25) is 0 Å². The molecule has 3 rings (SSSR count). The van der Waals surface area contributed by atoms with Gasteiger partial charge in [0.2, 0.25) is 0 Å². The van der Waals surface area contributed by atoms with E-state index in [0.29, 0.717) is 12.6 Å². The van der Waals surface area contributed by atoms with Crippen LogP contribution in [0.25, 0.3) is 10.8 Å². The Labute approximate surface area is 127 Å². The van der Waals surface area contributed by atoms with Gasteiger partial charge in [-0.05, 0) is 41.2 Å². The summed E-state index contributed by atoms with van der Waals surface area (Å²) in [6, 6.07) is 15.1. The van der Waals surface area contributed by atoms with E-state index in [-0.39, 0.29) is 0 Å². The fraction of sp³-hybridized carbons (Fsp3) is 0.474. The number of aliphatic hydroxyl groups is 1. The molecule has 0 aromatic heterocycles. The van der Waals surface area contributed by atoms with E-state index in [9.17, 15) is 5.11 Å². The number of nitrogens with one attached hydrogen (secondary N) is 1. The van der Waals surface area contributed by atoms with Crippen LogP contribution in [0.5, 0.6) is 0 Å². The zero-order valence-corrected chi connectivity index (χ0v) is 12.8. The predicted octanol–water partition coefficient (Wildman–Crippen LogP) is 4.04. The van der Waals surface area contributed by atoms with Crippen LogP contribution in [0, 0.1) is 5.92 Å². The summed E-state index contributed by atoms with van der Waals surface area (Å²) in [6.07, 6.45) is 4.79. The molecular formula is C19H25NO. The molecule has 0 radical (unpaired) electrons. The highest BCUT2D eigenvalue weighted by Crippen LogP contribution is 2.25. The minimum absolute atomic E-state index is 0.427. The minimum Gasteiger partial charge on any atom is -0.387 e. The van der Waals surface area contributed by atoms with Crippen molar-refractivity contribution in [3.63, 3.8) is 0 Å². The van der Waals surface area contributed by atoms with Crippen LogP contribution >= 0.6 is 0 Å². The van der Waals surface area contributed by atoms with Crippen molar-refractivity contribution >= 4 is 10.8 Å². The van der Waals surface area contributed by atoms with Crippen molar-refractivity contribution in [2.24, 2.45) is 5.92 Å². The third-order valence-corrected chi connectivity index (χ3v) is 4.84. The molecule has 2 aromatic rings. The van der Waals surface area contributed by atoms with Gasteiger partial charge in [-0.2, -0.15) is 0 Å². The number of hydrogen-bond donors (Lipinski definition) is 2. The standard InChI is InChI=1S/C19H25NO/c1-14-6-2-5-9-18(14)20-13-19(21)17-11-10-15-7-3-4-8-16(15)12-17/h3-4,7-8,10-12,14,18-21H,2,5-6,9,13H2,1H3/t14-,18-,19+/m1/s1. The highest BCUT2D eigenvalue weighted by Gasteiger charge is 2.21. The molecule has 3 atom stereocenters. The van der Waals surface area contributed by atoms with E-state index in [4.69, 9.17) is 0 Å². The Kier molecular flexibility index (Phi) is 4.57. The molecule has 1 saturated carbocycles. The van der Waals surface area contributed by atoms with Gasteiger partial charge >= 0.3 is 0 Å². The van der Waals surface area contributed by atoms with Crippen LogP contribution in [0.3, 0.4) is 0 Å². The lowest BCUT2D eigenvalue weighted by atomic mass is 9.86. The van der Waals surface area contributed by atoms with Gasteiger partial charge in [0.25, 0.3) is 0 Å². The van der Waals surface area contributed by atoms with Crippen LogP contribution in [0.4, 0.5) is 0 Å². The van der Waals surface area contributed by atoms with E-state index in [1.54, 1.807) is 0 Å². The zero-order chi connectivity index (χ0) is 14.7. The van der Waals surface area contributed by atoms with Gasteiger partial charge in [0.05, 0.1) is 6.10 Å². The van der Waals surface area contributed by atoms with Crippen LogP contribution in [0.1, 0.15) is 44.3 Å². The van der Waals surface area contributed by atoms with E-state index >= 15 is 0 Å². The lowest BCUT2D eigenvalue weighted by Crippen LogP contribution is -2.39. The number of aliphatic hydroxyl groups excluding tert-OH is 1. The molecule has 2 aromatic carbocycles. The summed E-state index contributed by atoms with van der Waals surface area (Å²) >= 11 is 0. The van der Waals surface area contributed by atoms with Gasteiger partial charge < -0.3 is 10.4 Å². The van der Waals surface area contributed by atoms with Crippen molar-refractivity contribution in [2.45, 2.75) is 44.8 Å². The highest BCUT2D eigenvalue weighted by molar-refractivity contribution is 5.83. The minimum atomic E-state index is -0.427. The molecule has 0 aliphatic heterocycles. The lowest BCUT2D eigenvalue weighted by molar-refractivity contribution is 0.157. The van der Waals surface area contributed by atoms with Crippen molar-refractivity contribution in [3.8, 4) is 0 Å². The molecule has 1 fully saturated rings. The Morgan fingerprint density at radius 3 is 2.67 bits per heavy atom. The van der Waals surface area contributed by atoms with Crippen LogP contribution in [0.15, 0.2) is 42.5 Å². The molecule has 0 heterocycles. The SMILES string of the molecule is C[C@@H]1CCCC[C@H]1NC[C@H](O)c1ccc2ccccc2c1. The number of rotatable bonds is 4. The maximum Gasteiger partial charge on any atom is 0.0914 e. The summed E-state index contributed by atoms with van der Waals surface area (Å²) in [4.78, 5) is 0. The Morgan fingerprint density at radius 1 is 1.10 bits per heavy atom. The molecule has 1 aliphatic carbocycles. The van der Waals surface area contributed by atoms with E-state index in [2.05, 4.69) is 36.5 Å². The average Bonchev–Trinajstić information content (AvgIpc) is 2.53. The fourth-order valence-corrected chi connectivity index (χ4v) is 3.42. The topological polar surface area (TPSA) is 32.3 Å². The summed E-state index contributed by atoms with van der Waals surface area (Å²) in [5.74, 6) is 0.725. The van der Waals surface area contributed by atoms with Crippen LogP contribution < -0.4 is 5.32 Å². The Hall–Kier alpha value is -1.38. The summed E-state index contributed by atoms with van der Waals surface area (Å²) in [5.41, 5.74) is 1.00. The van der Waals surface area contributed by atoms with Crippen molar-refractivity contribution in [1.82, 2.24) is 5.32 Å². The molecule has 2 nitrogen and oxygen atoms in total. The number of hydrogen-bond acceptors (Lipinski definition) is 2. The van der Waals surface area contributed by atoms with Gasteiger partial charge in [-0.1, -0.05) is 56.2 Å². The van der Waals surface area contributed by atoms with Gasteiger partial charge in [-0.3, -0.25) is 0 Å². The normalized spacial score (nSPS) is 24.1. The second-order valence-electron chi connectivity index (χ2n) is 6.40. The smallest absolute Gasteiger partial charge is 0.0914 e. The molecule has 2 N–H and O–H groups in total. The summed E-state index contributed by atoms with van der Waals surface area (Å²) in [5, 5.41) is 16.4. The van der Waals surface area contributed by atoms with E-state index < -0.39 is 6.10 Å². The Morgan fingerprint density at radius 2 is 1.86 bits per heavy atom. The Balaban J connectivity index is 1.64. The average molecular weight is 283 g/mol. The maximum absolute atomic E-state index is 10.4. The molecule has 0 spiro atoms. The predicted molar refractivity (Wildman–Crippen MR) is 88.3 cm³/mol. The molecule has 21 heavy (non-hydrogen) atoms. The molecule has 1 aliphatic rings. The molecule has 0 unspecified atom stereocenters. The monoisotopic (exact) mass is 283 g/mol. The van der Waals surface area contributed by atoms with Gasteiger partial charge in [0, 0.05) is 12.6 Å². The van der Waals surface area contributed by atoms with Crippen LogP contribution in [-0.4, -0.2) is 17.7 Å². The number of fused-ring (bicyclic) bond motifs is 1. The van der Waals surface area contributed by atoms with Gasteiger partial charge in [-0.15, -0.1) is 0 Å². The maximum atomic E-state index is 10.4. The highest BCUT2D eigenvalue weighted by atomic mass is 16.3. The number of benzene rings is 2. The van der Waals surface area contributed by atoms with E-state index in [1.807, 2.05) is 18.2 Å². The van der Waals surface area contributed by atoms with Gasteiger partial charge in [0.15, 0.2) is 0 Å². The molecule has 2 heteroatoms. The molecule has 0 amide bonds. The van der Waals surface area contributed by atoms with Crippen molar-refractivity contribution in [1.29, 1.82) is 0 Å². The quantitative estimate of drug-likeness (QED) is 0.887. The summed E-state index contributed by atoms with van der Waals surface area (Å²) in [6.45, 7) is 2.96. The van der Waals surface area contributed by atoms with Crippen molar-refractivity contribution in [2.75, 3.05) is 6.54 Å². The first-order chi connectivity index (χ1) is 10.2. The summed E-state index contributed by atoms with van der Waals surface area (Å²) in [7, 11) is 0.